The van der Waals surface area contributed by atoms with Gasteiger partial charge in [-0.3, -0.25) is 0 Å². The van der Waals surface area contributed by atoms with E-state index in [1.165, 1.54) is 121 Å². The fraction of sp³-hybridized carbons (Fsp3) is 0.0725. The largest absolute Gasteiger partial charge is 0.332 e. The van der Waals surface area contributed by atoms with Crippen LogP contribution < -0.4 is 0 Å². The van der Waals surface area contributed by atoms with Gasteiger partial charge in [-0.2, -0.15) is 0 Å². The minimum atomic E-state index is 0.0495. The number of fused-ring (bicyclic) bond motifs is 16. The molecule has 0 N–H and O–H groups in total. The summed E-state index contributed by atoms with van der Waals surface area (Å²) >= 11 is 0. The normalized spacial score (nSPS) is 18.7. The van der Waals surface area contributed by atoms with Gasteiger partial charge in [-0.25, -0.2) is 0 Å². The highest BCUT2D eigenvalue weighted by molar-refractivity contribution is 6.14. The third-order valence-corrected chi connectivity index (χ3v) is 16.2. The summed E-state index contributed by atoms with van der Waals surface area (Å²) in [5.41, 5.74) is 21.1. The van der Waals surface area contributed by atoms with Gasteiger partial charge in [0.2, 0.25) is 0 Å². The maximum Gasteiger partial charge on any atom is 0.0629 e. The standard InChI is InChI=1S/C69H48N2/c1-2-18-44(19-3-1)45(36-38-56-50-26-8-10-28-52(50)58-40-42-60-54-30-12-14-32-64(54)70(68(60)66(56)58)62-34-16-22-46-20-4-6-24-48(46)62)37-39-57-51-27-9-11-29-53(51)59-41-43-61-55-31-13-15-33-65(55)71(69(61)67(57)59)63-35-17-23-47-21-5-7-25-49(47)63/h1-38,40-43,48,56-57,62H,39H2/b38-36+,45-37+. The van der Waals surface area contributed by atoms with Crippen LogP contribution in [-0.4, -0.2) is 9.13 Å². The number of rotatable bonds is 7. The van der Waals surface area contributed by atoms with Crippen molar-refractivity contribution < 1.29 is 0 Å². The summed E-state index contributed by atoms with van der Waals surface area (Å²) in [5.74, 6) is 0.448. The second kappa shape index (κ2) is 15.9. The number of nitrogens with zero attached hydrogens (tertiary/aromatic N) is 2. The Morgan fingerprint density at radius 2 is 1.14 bits per heavy atom. The second-order valence-corrected chi connectivity index (χ2v) is 19.7. The third kappa shape index (κ3) is 6.01. The highest BCUT2D eigenvalue weighted by Gasteiger charge is 2.35. The molecule has 0 fully saturated rings. The average Bonchev–Trinajstić information content (AvgIpc) is 4.16. The van der Waals surface area contributed by atoms with Crippen LogP contribution in [0.1, 0.15) is 52.1 Å². The van der Waals surface area contributed by atoms with Gasteiger partial charge in [0, 0.05) is 50.2 Å². The first-order valence-electron chi connectivity index (χ1n) is 25.2. The molecule has 2 heteroatoms. The molecule has 11 aromatic rings. The monoisotopic (exact) mass is 904 g/mol. The molecule has 334 valence electrons. The first-order valence-corrected chi connectivity index (χ1v) is 25.2. The van der Waals surface area contributed by atoms with Gasteiger partial charge >= 0.3 is 0 Å². The van der Waals surface area contributed by atoms with Crippen LogP contribution in [0.4, 0.5) is 0 Å². The van der Waals surface area contributed by atoms with Crippen LogP contribution in [0.3, 0.4) is 0 Å². The molecule has 0 amide bonds. The van der Waals surface area contributed by atoms with Crippen LogP contribution >= 0.6 is 0 Å². The Hall–Kier alpha value is -8.72. The number of allylic oxidation sites excluding steroid dienone is 12. The van der Waals surface area contributed by atoms with Crippen molar-refractivity contribution in [2.24, 2.45) is 5.92 Å². The Morgan fingerprint density at radius 1 is 0.479 bits per heavy atom. The van der Waals surface area contributed by atoms with E-state index in [0.717, 1.165) is 6.42 Å². The zero-order valence-corrected chi connectivity index (χ0v) is 39.2. The van der Waals surface area contributed by atoms with Crippen LogP contribution in [0.15, 0.2) is 260 Å². The Kier molecular flexibility index (Phi) is 9.01. The SMILES string of the molecule is C1=CC2=CC=CC(n3c4ccccc4c4ccc5c(c43)C(/C=C/C(=C\CC3c4ccccc4-c4ccc6c7ccccc7n(-c7cccc8ccccc78)c6c43)c3ccccc3)c3ccccc3-5)C2C=C1. The van der Waals surface area contributed by atoms with Crippen molar-refractivity contribution in [3.63, 3.8) is 0 Å². The van der Waals surface area contributed by atoms with Crippen molar-refractivity contribution in [3.05, 3.63) is 288 Å². The van der Waals surface area contributed by atoms with Crippen LogP contribution in [0.5, 0.6) is 0 Å². The summed E-state index contributed by atoms with van der Waals surface area (Å²) in [6.07, 6.45) is 24.4. The zero-order valence-electron chi connectivity index (χ0n) is 39.2. The molecule has 4 aliphatic rings. The van der Waals surface area contributed by atoms with Gasteiger partial charge in [0.25, 0.3) is 0 Å². The highest BCUT2D eigenvalue weighted by Crippen LogP contribution is 2.54. The molecular formula is C69H48N2. The lowest BCUT2D eigenvalue weighted by molar-refractivity contribution is 0.533. The Labute approximate surface area is 413 Å². The molecule has 0 saturated carbocycles. The predicted octanol–water partition coefficient (Wildman–Crippen LogP) is 17.8. The Balaban J connectivity index is 0.916. The zero-order chi connectivity index (χ0) is 46.6. The van der Waals surface area contributed by atoms with Crippen molar-refractivity contribution in [1.29, 1.82) is 0 Å². The van der Waals surface area contributed by atoms with E-state index in [1.807, 2.05) is 0 Å². The van der Waals surface area contributed by atoms with Gasteiger partial charge in [-0.15, -0.1) is 0 Å². The summed E-state index contributed by atoms with van der Waals surface area (Å²) < 4.78 is 5.25. The summed E-state index contributed by atoms with van der Waals surface area (Å²) in [6.45, 7) is 0. The molecule has 71 heavy (non-hydrogen) atoms. The van der Waals surface area contributed by atoms with Crippen molar-refractivity contribution >= 4 is 60.0 Å². The van der Waals surface area contributed by atoms with Crippen molar-refractivity contribution in [2.75, 3.05) is 0 Å². The fourth-order valence-corrected chi connectivity index (χ4v) is 13.2. The molecule has 15 rings (SSSR count). The third-order valence-electron chi connectivity index (χ3n) is 16.2. The molecule has 9 aromatic carbocycles. The summed E-state index contributed by atoms with van der Waals surface area (Å²) in [7, 11) is 0. The molecule has 2 nitrogen and oxygen atoms in total. The van der Waals surface area contributed by atoms with Gasteiger partial charge in [-0.1, -0.05) is 237 Å². The molecule has 2 aromatic heterocycles. The molecule has 0 radical (unpaired) electrons. The smallest absolute Gasteiger partial charge is 0.0629 e. The fourth-order valence-electron chi connectivity index (χ4n) is 13.2. The van der Waals surface area contributed by atoms with Gasteiger partial charge in [0.15, 0.2) is 0 Å². The second-order valence-electron chi connectivity index (χ2n) is 19.7. The molecular weight excluding hydrogens is 857 g/mol. The number of aromatic nitrogens is 2. The van der Waals surface area contributed by atoms with Crippen LogP contribution in [-0.2, 0) is 0 Å². The molecule has 4 unspecified atom stereocenters. The van der Waals surface area contributed by atoms with Gasteiger partial charge < -0.3 is 9.13 Å². The number of hydrogen-bond acceptors (Lipinski definition) is 0. The van der Waals surface area contributed by atoms with E-state index in [-0.39, 0.29) is 23.8 Å². The van der Waals surface area contributed by atoms with Crippen LogP contribution in [0.2, 0.25) is 0 Å². The van der Waals surface area contributed by atoms with Gasteiger partial charge in [0.1, 0.15) is 0 Å². The van der Waals surface area contributed by atoms with E-state index in [1.54, 1.807) is 0 Å². The average molecular weight is 905 g/mol. The van der Waals surface area contributed by atoms with E-state index in [9.17, 15) is 0 Å². The lowest BCUT2D eigenvalue weighted by Crippen LogP contribution is -2.21. The Morgan fingerprint density at radius 3 is 1.99 bits per heavy atom. The van der Waals surface area contributed by atoms with Crippen molar-refractivity contribution in [1.82, 2.24) is 9.13 Å². The van der Waals surface area contributed by atoms with E-state index < -0.39 is 0 Å². The highest BCUT2D eigenvalue weighted by atomic mass is 15.0. The molecule has 0 bridgehead atoms. The van der Waals surface area contributed by atoms with Crippen molar-refractivity contribution in [3.8, 4) is 27.9 Å². The maximum absolute atomic E-state index is 2.68. The lowest BCUT2D eigenvalue weighted by Gasteiger charge is -2.31. The van der Waals surface area contributed by atoms with E-state index in [4.69, 9.17) is 0 Å². The molecule has 4 aliphatic carbocycles. The first kappa shape index (κ1) is 40.2. The summed E-state index contributed by atoms with van der Waals surface area (Å²) in [6, 6.07) is 72.6. The molecule has 0 spiro atoms. The predicted molar refractivity (Wildman–Crippen MR) is 298 cm³/mol. The van der Waals surface area contributed by atoms with Crippen LogP contribution in [0.25, 0.3) is 87.9 Å². The quantitative estimate of drug-likeness (QED) is 0.141. The van der Waals surface area contributed by atoms with Crippen LogP contribution in [0, 0.1) is 5.92 Å². The van der Waals surface area contributed by atoms with E-state index >= 15 is 0 Å². The first-order chi connectivity index (χ1) is 35.3. The Bertz CT molecular complexity index is 4210. The number of hydrogen-bond donors (Lipinski definition) is 0. The van der Waals surface area contributed by atoms with Crippen molar-refractivity contribution in [2.45, 2.75) is 24.3 Å². The van der Waals surface area contributed by atoms with E-state index in [0.29, 0.717) is 0 Å². The summed E-state index contributed by atoms with van der Waals surface area (Å²) in [5, 5.41) is 7.70. The molecule has 2 heterocycles. The molecule has 0 saturated heterocycles. The molecule has 0 aliphatic heterocycles. The summed E-state index contributed by atoms with van der Waals surface area (Å²) in [4.78, 5) is 0. The maximum atomic E-state index is 2.68. The topological polar surface area (TPSA) is 9.86 Å². The number of benzene rings is 9. The number of para-hydroxylation sites is 2. The minimum Gasteiger partial charge on any atom is -0.332 e. The van der Waals surface area contributed by atoms with Gasteiger partial charge in [-0.05, 0) is 91.2 Å². The van der Waals surface area contributed by atoms with Gasteiger partial charge in [0.05, 0.1) is 28.3 Å². The van der Waals surface area contributed by atoms with E-state index in [2.05, 4.69) is 264 Å². The lowest BCUT2D eigenvalue weighted by atomic mass is 9.84. The minimum absolute atomic E-state index is 0.0495. The molecule has 4 atom stereocenters.